The monoisotopic (exact) mass is 307 g/mol. The smallest absolute Gasteiger partial charge is 0.186 e. The van der Waals surface area contributed by atoms with Gasteiger partial charge >= 0.3 is 0 Å². The van der Waals surface area contributed by atoms with Crippen LogP contribution in [0.1, 0.15) is 56.5 Å². The van der Waals surface area contributed by atoms with E-state index >= 15 is 0 Å². The van der Waals surface area contributed by atoms with Crippen molar-refractivity contribution in [2.45, 2.75) is 52.9 Å². The van der Waals surface area contributed by atoms with Crippen molar-refractivity contribution in [2.75, 3.05) is 31.1 Å². The molecular weight excluding hydrogens is 278 g/mol. The van der Waals surface area contributed by atoms with E-state index in [9.17, 15) is 0 Å². The molecule has 21 heavy (non-hydrogen) atoms. The zero-order valence-corrected chi connectivity index (χ0v) is 14.6. The summed E-state index contributed by atoms with van der Waals surface area (Å²) < 4.78 is 0. The van der Waals surface area contributed by atoms with E-state index in [0.717, 1.165) is 19.5 Å². The Balaban J connectivity index is 2.06. The SMILES string of the molecule is CCCNCC(=Cc1sc(N2CCCCC2)nc1C)CC. The highest BCUT2D eigenvalue weighted by Gasteiger charge is 2.15. The normalized spacial score (nSPS) is 16.5. The predicted molar refractivity (Wildman–Crippen MR) is 94.3 cm³/mol. The molecule has 0 atom stereocenters. The van der Waals surface area contributed by atoms with E-state index in [1.807, 2.05) is 11.3 Å². The molecular formula is C17H29N3S. The standard InChI is InChI=1S/C17H29N3S/c1-4-9-18-13-15(5-2)12-16-14(3)19-17(21-16)20-10-7-6-8-11-20/h12,18H,4-11,13H2,1-3H3. The van der Waals surface area contributed by atoms with Crippen LogP contribution in [0.5, 0.6) is 0 Å². The Morgan fingerprint density at radius 2 is 2.05 bits per heavy atom. The Kier molecular flexibility index (Phi) is 6.71. The third-order valence-electron chi connectivity index (χ3n) is 4.02. The summed E-state index contributed by atoms with van der Waals surface area (Å²) in [6.07, 6.45) is 8.64. The first-order valence-electron chi connectivity index (χ1n) is 8.37. The van der Waals surface area contributed by atoms with E-state index in [1.165, 1.54) is 60.0 Å². The quantitative estimate of drug-likeness (QED) is 0.764. The molecule has 3 nitrogen and oxygen atoms in total. The molecule has 1 saturated heterocycles. The average Bonchev–Trinajstić information content (AvgIpc) is 2.88. The van der Waals surface area contributed by atoms with Crippen molar-refractivity contribution >= 4 is 22.5 Å². The Bertz CT molecular complexity index is 459. The number of nitrogens with one attached hydrogen (secondary N) is 1. The lowest BCUT2D eigenvalue weighted by Crippen LogP contribution is -2.29. The van der Waals surface area contributed by atoms with Crippen LogP contribution in [0.25, 0.3) is 6.08 Å². The zero-order valence-electron chi connectivity index (χ0n) is 13.7. The van der Waals surface area contributed by atoms with Crippen molar-refractivity contribution in [3.05, 3.63) is 16.1 Å². The Morgan fingerprint density at radius 3 is 2.71 bits per heavy atom. The molecule has 2 heterocycles. The Labute approximate surface area is 133 Å². The van der Waals surface area contributed by atoms with Crippen LogP contribution in [0.4, 0.5) is 5.13 Å². The summed E-state index contributed by atoms with van der Waals surface area (Å²) in [5.41, 5.74) is 2.66. The molecule has 1 N–H and O–H groups in total. The highest BCUT2D eigenvalue weighted by atomic mass is 32.1. The maximum Gasteiger partial charge on any atom is 0.186 e. The number of aromatic nitrogens is 1. The maximum atomic E-state index is 4.80. The molecule has 0 aromatic carbocycles. The first kappa shape index (κ1) is 16.5. The van der Waals surface area contributed by atoms with Crippen molar-refractivity contribution < 1.29 is 0 Å². The summed E-state index contributed by atoms with van der Waals surface area (Å²) in [5, 5.41) is 4.72. The van der Waals surface area contributed by atoms with Gasteiger partial charge in [-0.3, -0.25) is 0 Å². The number of piperidine rings is 1. The van der Waals surface area contributed by atoms with Gasteiger partial charge in [0.25, 0.3) is 0 Å². The van der Waals surface area contributed by atoms with Crippen LogP contribution in [-0.2, 0) is 0 Å². The van der Waals surface area contributed by atoms with Gasteiger partial charge in [0.2, 0.25) is 0 Å². The second-order valence-electron chi connectivity index (χ2n) is 5.83. The first-order valence-corrected chi connectivity index (χ1v) is 9.18. The number of anilines is 1. The summed E-state index contributed by atoms with van der Waals surface area (Å²) in [6, 6.07) is 0. The number of aryl methyl sites for hydroxylation is 1. The number of rotatable bonds is 7. The highest BCUT2D eigenvalue weighted by Crippen LogP contribution is 2.30. The third-order valence-corrected chi connectivity index (χ3v) is 5.18. The lowest BCUT2D eigenvalue weighted by molar-refractivity contribution is 0.576. The van der Waals surface area contributed by atoms with Crippen molar-refractivity contribution in [1.29, 1.82) is 0 Å². The van der Waals surface area contributed by atoms with Crippen LogP contribution in [0.3, 0.4) is 0 Å². The fourth-order valence-electron chi connectivity index (χ4n) is 2.64. The molecule has 0 bridgehead atoms. The second-order valence-corrected chi connectivity index (χ2v) is 6.84. The van der Waals surface area contributed by atoms with Gasteiger partial charge in [0.15, 0.2) is 5.13 Å². The number of hydrogen-bond acceptors (Lipinski definition) is 4. The van der Waals surface area contributed by atoms with E-state index in [1.54, 1.807) is 0 Å². The molecule has 1 aromatic heterocycles. The van der Waals surface area contributed by atoms with Crippen molar-refractivity contribution in [3.63, 3.8) is 0 Å². The van der Waals surface area contributed by atoms with E-state index < -0.39 is 0 Å². The van der Waals surface area contributed by atoms with Crippen molar-refractivity contribution in [2.24, 2.45) is 0 Å². The van der Waals surface area contributed by atoms with Gasteiger partial charge in [-0.15, -0.1) is 0 Å². The molecule has 0 aliphatic carbocycles. The van der Waals surface area contributed by atoms with E-state index in [2.05, 4.69) is 37.1 Å². The van der Waals surface area contributed by atoms with Crippen molar-refractivity contribution in [3.8, 4) is 0 Å². The fourth-order valence-corrected chi connectivity index (χ4v) is 3.75. The van der Waals surface area contributed by atoms with Gasteiger partial charge in [-0.2, -0.15) is 0 Å². The maximum absolute atomic E-state index is 4.80. The highest BCUT2D eigenvalue weighted by molar-refractivity contribution is 7.16. The molecule has 4 heteroatoms. The summed E-state index contributed by atoms with van der Waals surface area (Å²) in [7, 11) is 0. The number of hydrogen-bond donors (Lipinski definition) is 1. The van der Waals surface area contributed by atoms with Gasteiger partial charge in [-0.05, 0) is 51.6 Å². The van der Waals surface area contributed by atoms with E-state index in [0.29, 0.717) is 0 Å². The van der Waals surface area contributed by atoms with Crippen LogP contribution >= 0.6 is 11.3 Å². The van der Waals surface area contributed by atoms with Gasteiger partial charge in [0, 0.05) is 19.6 Å². The topological polar surface area (TPSA) is 28.2 Å². The number of nitrogens with zero attached hydrogens (tertiary/aromatic N) is 2. The van der Waals surface area contributed by atoms with E-state index in [4.69, 9.17) is 4.98 Å². The average molecular weight is 308 g/mol. The minimum atomic E-state index is 1.00. The first-order chi connectivity index (χ1) is 10.2. The zero-order chi connectivity index (χ0) is 15.1. The molecule has 1 aliphatic rings. The van der Waals surface area contributed by atoms with Gasteiger partial charge in [0.1, 0.15) is 0 Å². The molecule has 0 saturated carbocycles. The van der Waals surface area contributed by atoms with Crippen LogP contribution in [0, 0.1) is 6.92 Å². The minimum absolute atomic E-state index is 1.00. The van der Waals surface area contributed by atoms with Crippen LogP contribution in [0.2, 0.25) is 0 Å². The fraction of sp³-hybridized carbons (Fsp3) is 0.706. The predicted octanol–water partition coefficient (Wildman–Crippen LogP) is 4.23. The molecule has 1 fully saturated rings. The molecule has 0 unspecified atom stereocenters. The lowest BCUT2D eigenvalue weighted by Gasteiger charge is -2.25. The molecule has 0 radical (unpaired) electrons. The second kappa shape index (κ2) is 8.54. The Morgan fingerprint density at radius 1 is 1.29 bits per heavy atom. The molecule has 0 amide bonds. The molecule has 1 aromatic rings. The molecule has 0 spiro atoms. The molecule has 2 rings (SSSR count). The Hall–Kier alpha value is -0.870. The summed E-state index contributed by atoms with van der Waals surface area (Å²) in [6.45, 7) is 11.0. The third kappa shape index (κ3) is 4.82. The summed E-state index contributed by atoms with van der Waals surface area (Å²) in [5.74, 6) is 0. The number of thiazole rings is 1. The lowest BCUT2D eigenvalue weighted by atomic mass is 10.1. The van der Waals surface area contributed by atoms with Gasteiger partial charge < -0.3 is 10.2 Å². The van der Waals surface area contributed by atoms with Gasteiger partial charge in [0.05, 0.1) is 10.6 Å². The van der Waals surface area contributed by atoms with Gasteiger partial charge in [-0.25, -0.2) is 4.98 Å². The van der Waals surface area contributed by atoms with Gasteiger partial charge in [-0.1, -0.05) is 30.8 Å². The molecule has 1 aliphatic heterocycles. The minimum Gasteiger partial charge on any atom is -0.348 e. The van der Waals surface area contributed by atoms with Crippen LogP contribution in [-0.4, -0.2) is 31.2 Å². The largest absolute Gasteiger partial charge is 0.348 e. The molecule has 118 valence electrons. The van der Waals surface area contributed by atoms with E-state index in [-0.39, 0.29) is 0 Å². The van der Waals surface area contributed by atoms with Crippen LogP contribution < -0.4 is 10.2 Å². The summed E-state index contributed by atoms with van der Waals surface area (Å²) in [4.78, 5) is 8.59. The summed E-state index contributed by atoms with van der Waals surface area (Å²) >= 11 is 1.86. The van der Waals surface area contributed by atoms with Crippen LogP contribution in [0.15, 0.2) is 5.57 Å². The van der Waals surface area contributed by atoms with Crippen molar-refractivity contribution in [1.82, 2.24) is 10.3 Å².